The van der Waals surface area contributed by atoms with E-state index in [2.05, 4.69) is 4.98 Å². The third-order valence-electron chi connectivity index (χ3n) is 5.32. The van der Waals surface area contributed by atoms with Crippen molar-refractivity contribution in [3.63, 3.8) is 0 Å². The maximum absolute atomic E-state index is 13.3. The second-order valence-corrected chi connectivity index (χ2v) is 8.95. The van der Waals surface area contributed by atoms with E-state index in [0.717, 1.165) is 12.0 Å². The van der Waals surface area contributed by atoms with Crippen molar-refractivity contribution in [2.24, 2.45) is 11.8 Å². The van der Waals surface area contributed by atoms with Gasteiger partial charge in [0.05, 0.1) is 15.9 Å². The molecule has 0 bridgehead atoms. The van der Waals surface area contributed by atoms with Crippen LogP contribution in [0.1, 0.15) is 21.9 Å². The molecule has 0 unspecified atom stereocenters. The fraction of sp³-hybridized carbons (Fsp3) is 0.421. The van der Waals surface area contributed by atoms with Crippen LogP contribution in [-0.2, 0) is 4.79 Å². The summed E-state index contributed by atoms with van der Waals surface area (Å²) in [7, 11) is 0. The summed E-state index contributed by atoms with van der Waals surface area (Å²) in [5.41, 5.74) is 1.03. The molecule has 1 aliphatic heterocycles. The SMILES string of the molecule is Cc1nc(C(=O)N2C[C@@H]3C[C@@H]3[C@H]2CNC(=O)C(F)(F)F)c(-c2cccc(Cl)c2)s1. The molecule has 2 heterocycles. The van der Waals surface area contributed by atoms with Crippen molar-refractivity contribution in [2.75, 3.05) is 13.1 Å². The number of thiazole rings is 1. The first-order valence-electron chi connectivity index (χ1n) is 9.04. The van der Waals surface area contributed by atoms with Gasteiger partial charge in [-0.3, -0.25) is 9.59 Å². The van der Waals surface area contributed by atoms with E-state index in [0.29, 0.717) is 21.5 Å². The van der Waals surface area contributed by atoms with Crippen molar-refractivity contribution >= 4 is 34.8 Å². The summed E-state index contributed by atoms with van der Waals surface area (Å²) in [6.45, 7) is 2.03. The van der Waals surface area contributed by atoms with Crippen molar-refractivity contribution in [3.05, 3.63) is 40.0 Å². The highest BCUT2D eigenvalue weighted by Gasteiger charge is 2.54. The summed E-state index contributed by atoms with van der Waals surface area (Å²) in [6, 6.07) is 6.62. The third-order valence-corrected chi connectivity index (χ3v) is 6.57. The average molecular weight is 444 g/mol. The Morgan fingerprint density at radius 3 is 2.83 bits per heavy atom. The van der Waals surface area contributed by atoms with Crippen LogP contribution in [0.15, 0.2) is 24.3 Å². The lowest BCUT2D eigenvalue weighted by atomic mass is 10.1. The molecule has 1 saturated carbocycles. The molecule has 3 atom stereocenters. The smallest absolute Gasteiger partial charge is 0.346 e. The van der Waals surface area contributed by atoms with Crippen LogP contribution in [0.5, 0.6) is 0 Å². The third kappa shape index (κ3) is 3.98. The molecular formula is C19H17ClF3N3O2S. The quantitative estimate of drug-likeness (QED) is 0.779. The molecule has 5 nitrogen and oxygen atoms in total. The number of benzene rings is 1. The van der Waals surface area contributed by atoms with Gasteiger partial charge in [0, 0.05) is 18.1 Å². The van der Waals surface area contributed by atoms with E-state index in [4.69, 9.17) is 11.6 Å². The van der Waals surface area contributed by atoms with Crippen molar-refractivity contribution in [2.45, 2.75) is 25.6 Å². The number of amides is 2. The Morgan fingerprint density at radius 2 is 2.14 bits per heavy atom. The lowest BCUT2D eigenvalue weighted by Crippen LogP contribution is -2.48. The summed E-state index contributed by atoms with van der Waals surface area (Å²) < 4.78 is 37.5. The maximum Gasteiger partial charge on any atom is 0.471 e. The number of likely N-dealkylation sites (tertiary alicyclic amines) is 1. The number of halogens is 4. The van der Waals surface area contributed by atoms with Gasteiger partial charge in [-0.2, -0.15) is 13.2 Å². The van der Waals surface area contributed by atoms with Gasteiger partial charge in [-0.05, 0) is 42.9 Å². The van der Waals surface area contributed by atoms with Crippen LogP contribution in [-0.4, -0.2) is 47.0 Å². The highest BCUT2D eigenvalue weighted by Crippen LogP contribution is 2.50. The van der Waals surface area contributed by atoms with Gasteiger partial charge in [-0.25, -0.2) is 4.98 Å². The first-order valence-corrected chi connectivity index (χ1v) is 10.2. The number of fused-ring (bicyclic) bond motifs is 1. The zero-order chi connectivity index (χ0) is 20.9. The zero-order valence-corrected chi connectivity index (χ0v) is 16.9. The predicted molar refractivity (Wildman–Crippen MR) is 103 cm³/mol. The average Bonchev–Trinajstić information content (AvgIpc) is 3.16. The number of aromatic nitrogens is 1. The molecule has 1 saturated heterocycles. The van der Waals surface area contributed by atoms with Crippen molar-refractivity contribution in [1.29, 1.82) is 0 Å². The van der Waals surface area contributed by atoms with Crippen LogP contribution in [0.4, 0.5) is 13.2 Å². The van der Waals surface area contributed by atoms with E-state index in [9.17, 15) is 22.8 Å². The second kappa shape index (κ2) is 7.28. The van der Waals surface area contributed by atoms with E-state index in [-0.39, 0.29) is 30.0 Å². The molecule has 2 aromatic rings. The molecule has 1 aromatic heterocycles. The van der Waals surface area contributed by atoms with Gasteiger partial charge >= 0.3 is 12.1 Å². The fourth-order valence-electron chi connectivity index (χ4n) is 3.90. The van der Waals surface area contributed by atoms with Crippen LogP contribution < -0.4 is 5.32 Å². The summed E-state index contributed by atoms with van der Waals surface area (Å²) >= 11 is 7.44. The Balaban J connectivity index is 1.57. The lowest BCUT2D eigenvalue weighted by molar-refractivity contribution is -0.173. The topological polar surface area (TPSA) is 62.3 Å². The largest absolute Gasteiger partial charge is 0.471 e. The number of hydrogen-bond acceptors (Lipinski definition) is 4. The van der Waals surface area contributed by atoms with E-state index in [1.54, 1.807) is 30.0 Å². The van der Waals surface area contributed by atoms with Gasteiger partial charge in [0.15, 0.2) is 0 Å². The van der Waals surface area contributed by atoms with E-state index >= 15 is 0 Å². The predicted octanol–water partition coefficient (Wildman–Crippen LogP) is 3.91. The molecule has 0 radical (unpaired) electrons. The van der Waals surface area contributed by atoms with E-state index in [1.807, 2.05) is 11.4 Å². The Kier molecular flexibility index (Phi) is 5.06. The van der Waals surface area contributed by atoms with Gasteiger partial charge in [0.25, 0.3) is 5.91 Å². The molecule has 1 N–H and O–H groups in total. The molecule has 4 rings (SSSR count). The molecular weight excluding hydrogens is 427 g/mol. The normalized spacial score (nSPS) is 23.1. The first-order chi connectivity index (χ1) is 13.6. The number of nitrogens with one attached hydrogen (secondary N) is 1. The van der Waals surface area contributed by atoms with Crippen LogP contribution in [0.25, 0.3) is 10.4 Å². The first kappa shape index (κ1) is 20.2. The molecule has 2 aliphatic rings. The number of carbonyl (C=O) groups is 2. The highest BCUT2D eigenvalue weighted by atomic mass is 35.5. The number of rotatable bonds is 4. The van der Waals surface area contributed by atoms with Crippen LogP contribution in [0.2, 0.25) is 5.02 Å². The Morgan fingerprint density at radius 1 is 1.38 bits per heavy atom. The summed E-state index contributed by atoms with van der Waals surface area (Å²) in [4.78, 5) is 31.1. The Labute approximate surface area is 173 Å². The number of carbonyl (C=O) groups excluding carboxylic acids is 2. The molecule has 1 aromatic carbocycles. The lowest BCUT2D eigenvalue weighted by Gasteiger charge is -2.27. The fourth-order valence-corrected chi connectivity index (χ4v) is 4.99. The standard InChI is InChI=1S/C19H17ClF3N3O2S/c1-9-25-15(16(29-9)10-3-2-4-12(20)5-10)17(27)26-8-11-6-13(11)14(26)7-24-18(28)19(21,22)23/h2-5,11,13-14H,6-8H2,1H3,(H,24,28)/t11-,13-,14+/m0/s1. The summed E-state index contributed by atoms with van der Waals surface area (Å²) in [5, 5.41) is 3.16. The number of hydrogen-bond donors (Lipinski definition) is 1. The molecule has 2 fully saturated rings. The summed E-state index contributed by atoms with van der Waals surface area (Å²) in [6.07, 6.45) is -4.09. The molecule has 29 heavy (non-hydrogen) atoms. The minimum atomic E-state index is -4.94. The molecule has 0 spiro atoms. The van der Waals surface area contributed by atoms with Gasteiger partial charge in [0.2, 0.25) is 0 Å². The van der Waals surface area contributed by atoms with Gasteiger partial charge in [-0.15, -0.1) is 11.3 Å². The number of aryl methyl sites for hydroxylation is 1. The number of alkyl halides is 3. The molecule has 2 amide bonds. The number of piperidine rings is 1. The zero-order valence-electron chi connectivity index (χ0n) is 15.3. The molecule has 10 heteroatoms. The van der Waals surface area contributed by atoms with E-state index < -0.39 is 18.1 Å². The van der Waals surface area contributed by atoms with Crippen LogP contribution in [0.3, 0.4) is 0 Å². The van der Waals surface area contributed by atoms with Crippen LogP contribution >= 0.6 is 22.9 Å². The molecule has 1 aliphatic carbocycles. The minimum absolute atomic E-state index is 0.113. The molecule has 154 valence electrons. The van der Waals surface area contributed by atoms with Crippen molar-refractivity contribution in [3.8, 4) is 10.4 Å². The van der Waals surface area contributed by atoms with Crippen molar-refractivity contribution in [1.82, 2.24) is 15.2 Å². The van der Waals surface area contributed by atoms with Crippen molar-refractivity contribution < 1.29 is 22.8 Å². The number of nitrogens with zero attached hydrogens (tertiary/aromatic N) is 2. The maximum atomic E-state index is 13.3. The highest BCUT2D eigenvalue weighted by molar-refractivity contribution is 7.15. The van der Waals surface area contributed by atoms with Gasteiger partial charge < -0.3 is 10.2 Å². The van der Waals surface area contributed by atoms with Gasteiger partial charge in [0.1, 0.15) is 5.69 Å². The minimum Gasteiger partial charge on any atom is -0.346 e. The van der Waals surface area contributed by atoms with E-state index in [1.165, 1.54) is 11.3 Å². The van der Waals surface area contributed by atoms with Crippen LogP contribution in [0, 0.1) is 18.8 Å². The summed E-state index contributed by atoms with van der Waals surface area (Å²) in [5.74, 6) is -1.94. The van der Waals surface area contributed by atoms with Gasteiger partial charge in [-0.1, -0.05) is 23.7 Å². The monoisotopic (exact) mass is 443 g/mol. The Bertz CT molecular complexity index is 978. The Hall–Kier alpha value is -2.13. The second-order valence-electron chi connectivity index (χ2n) is 7.31.